The van der Waals surface area contributed by atoms with E-state index in [1.807, 2.05) is 24.3 Å². The van der Waals surface area contributed by atoms with E-state index in [4.69, 9.17) is 9.29 Å². The lowest BCUT2D eigenvalue weighted by atomic mass is 9.86. The molecule has 1 N–H and O–H groups in total. The minimum atomic E-state index is -3.88. The normalized spacial score (nSPS) is 23.5. The lowest BCUT2D eigenvalue weighted by molar-refractivity contribution is -0.00785. The van der Waals surface area contributed by atoms with Crippen LogP contribution in [0.2, 0.25) is 0 Å². The van der Waals surface area contributed by atoms with Crippen molar-refractivity contribution in [2.45, 2.75) is 34.5 Å². The van der Waals surface area contributed by atoms with Crippen molar-refractivity contribution in [3.05, 3.63) is 78.4 Å². The average Bonchev–Trinajstić information content (AvgIpc) is 3.07. The van der Waals surface area contributed by atoms with E-state index in [0.29, 0.717) is 27.0 Å². The Morgan fingerprint density at radius 3 is 2.20 bits per heavy atom. The van der Waals surface area contributed by atoms with Crippen LogP contribution in [0, 0.1) is 5.92 Å². The van der Waals surface area contributed by atoms with E-state index in [0.717, 1.165) is 17.7 Å². The van der Waals surface area contributed by atoms with Gasteiger partial charge in [-0.15, -0.1) is 0 Å². The summed E-state index contributed by atoms with van der Waals surface area (Å²) in [4.78, 5) is 3.22. The second-order valence-electron chi connectivity index (χ2n) is 9.16. The lowest BCUT2D eigenvalue weighted by Gasteiger charge is -2.44. The van der Waals surface area contributed by atoms with Gasteiger partial charge < -0.3 is 4.74 Å². The second kappa shape index (κ2) is 9.39. The third-order valence-electron chi connectivity index (χ3n) is 6.78. The Morgan fingerprint density at radius 2 is 1.54 bits per heavy atom. The largest absolute Gasteiger partial charge is 0.489 e. The first kappa shape index (κ1) is 24.0. The van der Waals surface area contributed by atoms with Crippen LogP contribution >= 0.6 is 0 Å². The summed E-state index contributed by atoms with van der Waals surface area (Å²) in [7, 11) is -7.31. The first-order chi connectivity index (χ1) is 16.7. The van der Waals surface area contributed by atoms with Crippen molar-refractivity contribution in [2.75, 3.05) is 19.6 Å². The van der Waals surface area contributed by atoms with Crippen LogP contribution in [0.25, 0.3) is 11.1 Å². The number of sulfone groups is 1. The molecule has 3 aromatic carbocycles. The fourth-order valence-electron chi connectivity index (χ4n) is 5.07. The quantitative estimate of drug-likeness (QED) is 0.411. The van der Waals surface area contributed by atoms with Crippen molar-refractivity contribution in [1.82, 2.24) is 4.90 Å². The van der Waals surface area contributed by atoms with Gasteiger partial charge in [0, 0.05) is 17.7 Å². The summed E-state index contributed by atoms with van der Waals surface area (Å²) < 4.78 is 60.9. The Bertz CT molecular complexity index is 1430. The van der Waals surface area contributed by atoms with Crippen molar-refractivity contribution in [1.29, 1.82) is 0 Å². The number of hydrogen-bond donors (Lipinski definition) is 1. The maximum absolute atomic E-state index is 12.8. The van der Waals surface area contributed by atoms with Gasteiger partial charge >= 0.3 is 0 Å². The second-order valence-corrected chi connectivity index (χ2v) is 12.5. The molecule has 2 bridgehead atoms. The molecule has 4 heterocycles. The van der Waals surface area contributed by atoms with E-state index in [1.54, 1.807) is 48.5 Å². The first-order valence-corrected chi connectivity index (χ1v) is 14.7. The fourth-order valence-corrected chi connectivity index (χ4v) is 7.38. The molecule has 0 radical (unpaired) electrons. The summed E-state index contributed by atoms with van der Waals surface area (Å²) in [6.45, 7) is 3.28. The number of benzene rings is 3. The van der Waals surface area contributed by atoms with Gasteiger partial charge in [-0.2, -0.15) is 8.42 Å². The summed E-state index contributed by atoms with van der Waals surface area (Å²) in [6.07, 6.45) is 2.54. The minimum Gasteiger partial charge on any atom is -0.489 e. The summed E-state index contributed by atoms with van der Waals surface area (Å²) in [5.41, 5.74) is 2.17. The van der Waals surface area contributed by atoms with Gasteiger partial charge in [-0.3, -0.25) is 9.45 Å². The monoisotopic (exact) mass is 513 g/mol. The zero-order valence-electron chi connectivity index (χ0n) is 19.1. The van der Waals surface area contributed by atoms with E-state index in [1.165, 1.54) is 25.9 Å². The van der Waals surface area contributed by atoms with Crippen molar-refractivity contribution in [3.63, 3.8) is 0 Å². The van der Waals surface area contributed by atoms with E-state index < -0.39 is 20.0 Å². The first-order valence-electron chi connectivity index (χ1n) is 11.6. The molecule has 1 atom stereocenters. The molecule has 4 aliphatic rings. The molecule has 0 spiro atoms. The van der Waals surface area contributed by atoms with Crippen LogP contribution in [0.1, 0.15) is 18.4 Å². The van der Waals surface area contributed by atoms with Crippen LogP contribution < -0.4 is 4.74 Å². The average molecular weight is 514 g/mol. The molecule has 7 nitrogen and oxygen atoms in total. The zero-order valence-corrected chi connectivity index (χ0v) is 20.7. The summed E-state index contributed by atoms with van der Waals surface area (Å²) in [5, 5.41) is 0. The third-order valence-corrected chi connectivity index (χ3v) is 9.33. The number of fused-ring (bicyclic) bond motifs is 6. The van der Waals surface area contributed by atoms with E-state index in [2.05, 4.69) is 4.90 Å². The topological polar surface area (TPSA) is 101 Å². The van der Waals surface area contributed by atoms with Crippen molar-refractivity contribution in [2.24, 2.45) is 5.92 Å². The molecule has 0 aliphatic carbocycles. The van der Waals surface area contributed by atoms with Gasteiger partial charge in [-0.1, -0.05) is 48.5 Å². The number of hydrogen-bond acceptors (Lipinski definition) is 6. The molecule has 0 saturated carbocycles. The Labute approximate surface area is 206 Å². The van der Waals surface area contributed by atoms with Gasteiger partial charge in [-0.05, 0) is 61.7 Å². The van der Waals surface area contributed by atoms with Gasteiger partial charge in [-0.25, -0.2) is 8.42 Å². The molecule has 7 rings (SSSR count). The molecule has 9 heteroatoms. The highest BCUT2D eigenvalue weighted by Gasteiger charge is 2.37. The van der Waals surface area contributed by atoms with Gasteiger partial charge in [0.15, 0.2) is 0 Å². The highest BCUT2D eigenvalue weighted by molar-refractivity contribution is 7.92. The van der Waals surface area contributed by atoms with Crippen LogP contribution in [-0.4, -0.2) is 52.0 Å². The number of nitrogens with zero attached hydrogens (tertiary/aromatic N) is 1. The number of rotatable bonds is 4. The van der Waals surface area contributed by atoms with Gasteiger partial charge in [0.25, 0.3) is 10.1 Å². The molecular formula is C26H27NO6S2. The van der Waals surface area contributed by atoms with Crippen molar-refractivity contribution >= 4 is 20.0 Å². The Balaban J connectivity index is 0.000000195. The number of ether oxygens (including phenoxy) is 1. The standard InChI is InChI=1S/C19H19NO3S.C7H8O3S/c21-24(22)18-4-2-1-3-15(18)16-6-5-14(11-19(16)24)23-17-12-20-9-7-13(17)8-10-20;8-11(9,10)6-7-4-2-1-3-5-7/h1-6,11,13,17H,7-10,12H2;1-5H,6H2,(H,8,9,10)/t17-;/m0./s1. The Kier molecular flexibility index (Phi) is 6.43. The zero-order chi connectivity index (χ0) is 24.6. The lowest BCUT2D eigenvalue weighted by Crippen LogP contribution is -2.52. The maximum atomic E-state index is 12.8. The highest BCUT2D eigenvalue weighted by Crippen LogP contribution is 2.44. The molecular weight excluding hydrogens is 486 g/mol. The van der Waals surface area contributed by atoms with Gasteiger partial charge in [0.1, 0.15) is 17.6 Å². The Hall–Kier alpha value is -2.72. The SMILES string of the molecule is O=S(=O)(O)Cc1ccccc1.O=S1(=O)c2ccccc2-c2ccc(O[C@H]3CN4CCC3CC4)cc21. The molecule has 184 valence electrons. The number of piperidine rings is 3. The minimum absolute atomic E-state index is 0.178. The maximum Gasteiger partial charge on any atom is 0.269 e. The molecule has 3 aromatic rings. The van der Waals surface area contributed by atoms with Crippen LogP contribution in [0.15, 0.2) is 82.6 Å². The summed E-state index contributed by atoms with van der Waals surface area (Å²) >= 11 is 0. The smallest absolute Gasteiger partial charge is 0.269 e. The summed E-state index contributed by atoms with van der Waals surface area (Å²) in [6, 6.07) is 21.2. The fraction of sp³-hybridized carbons (Fsp3) is 0.308. The van der Waals surface area contributed by atoms with Crippen LogP contribution in [0.5, 0.6) is 5.75 Å². The highest BCUT2D eigenvalue weighted by atomic mass is 32.2. The molecule has 4 aliphatic heterocycles. The third kappa shape index (κ3) is 5.13. The molecule has 0 unspecified atom stereocenters. The predicted octanol–water partition coefficient (Wildman–Crippen LogP) is 4.05. The van der Waals surface area contributed by atoms with Gasteiger partial charge in [0.05, 0.1) is 9.79 Å². The van der Waals surface area contributed by atoms with Crippen LogP contribution in [0.4, 0.5) is 0 Å². The molecule has 3 saturated heterocycles. The molecule has 35 heavy (non-hydrogen) atoms. The van der Waals surface area contributed by atoms with Gasteiger partial charge in [0.2, 0.25) is 9.84 Å². The van der Waals surface area contributed by atoms with E-state index >= 15 is 0 Å². The van der Waals surface area contributed by atoms with E-state index in [-0.39, 0.29) is 11.9 Å². The molecule has 3 fully saturated rings. The van der Waals surface area contributed by atoms with Crippen molar-refractivity contribution < 1.29 is 26.1 Å². The van der Waals surface area contributed by atoms with Crippen LogP contribution in [-0.2, 0) is 25.7 Å². The molecule has 0 aromatic heterocycles. The summed E-state index contributed by atoms with van der Waals surface area (Å²) in [5.74, 6) is 0.953. The van der Waals surface area contributed by atoms with E-state index in [9.17, 15) is 16.8 Å². The van der Waals surface area contributed by atoms with Crippen LogP contribution in [0.3, 0.4) is 0 Å². The van der Waals surface area contributed by atoms with Crippen molar-refractivity contribution in [3.8, 4) is 16.9 Å². The predicted molar refractivity (Wildman–Crippen MR) is 133 cm³/mol. The Morgan fingerprint density at radius 1 is 0.886 bits per heavy atom. The molecule has 0 amide bonds.